The van der Waals surface area contributed by atoms with Crippen LogP contribution in [0.5, 0.6) is 0 Å². The summed E-state index contributed by atoms with van der Waals surface area (Å²) in [5.41, 5.74) is 6.01. The normalized spacial score (nSPS) is 13.1. The number of nitrogens with one attached hydrogen (secondary N) is 2. The van der Waals surface area contributed by atoms with Crippen molar-refractivity contribution in [3.8, 4) is 0 Å². The van der Waals surface area contributed by atoms with Gasteiger partial charge in [0.2, 0.25) is 18.2 Å². The van der Waals surface area contributed by atoms with Crippen LogP contribution in [0.15, 0.2) is 24.5 Å². The number of carbonyl (C=O) groups excluding carboxylic acids is 3. The molecule has 2 atom stereocenters. The molecule has 0 aromatic carbocycles. The summed E-state index contributed by atoms with van der Waals surface area (Å²) in [4.78, 5) is 37.2. The molecule has 108 valence electrons. The van der Waals surface area contributed by atoms with Gasteiger partial charge in [-0.15, -0.1) is 0 Å². The van der Waals surface area contributed by atoms with Gasteiger partial charge in [-0.05, 0) is 25.0 Å². The Morgan fingerprint density at radius 2 is 2.25 bits per heavy atom. The zero-order chi connectivity index (χ0) is 15.0. The van der Waals surface area contributed by atoms with Gasteiger partial charge in [0.15, 0.2) is 0 Å². The Kier molecular flexibility index (Phi) is 6.15. The van der Waals surface area contributed by atoms with Crippen molar-refractivity contribution in [2.24, 2.45) is 5.73 Å². The van der Waals surface area contributed by atoms with E-state index in [1.54, 1.807) is 12.4 Å². The van der Waals surface area contributed by atoms with Gasteiger partial charge < -0.3 is 16.4 Å². The first kappa shape index (κ1) is 15.6. The minimum Gasteiger partial charge on any atom is -0.370 e. The maximum Gasteiger partial charge on any atom is 0.243 e. The van der Waals surface area contributed by atoms with Crippen LogP contribution in [0.2, 0.25) is 0 Å². The zero-order valence-electron chi connectivity index (χ0n) is 11.2. The number of aromatic nitrogens is 1. The zero-order valence-corrected chi connectivity index (χ0v) is 11.2. The number of primary amides is 1. The molecule has 0 fully saturated rings. The minimum atomic E-state index is -0.943. The highest BCUT2D eigenvalue weighted by molar-refractivity contribution is 5.89. The molecule has 0 saturated heterocycles. The largest absolute Gasteiger partial charge is 0.370 e. The van der Waals surface area contributed by atoms with Gasteiger partial charge in [0, 0.05) is 18.4 Å². The average Bonchev–Trinajstić information content (AvgIpc) is 2.38. The van der Waals surface area contributed by atoms with Crippen molar-refractivity contribution in [1.29, 1.82) is 0 Å². The highest BCUT2D eigenvalue weighted by atomic mass is 16.2. The summed E-state index contributed by atoms with van der Waals surface area (Å²) in [6, 6.07) is 2.62. The molecule has 0 aliphatic carbocycles. The van der Waals surface area contributed by atoms with E-state index in [9.17, 15) is 14.4 Å². The van der Waals surface area contributed by atoms with Gasteiger partial charge in [-0.1, -0.05) is 6.07 Å². The molecule has 0 spiro atoms. The van der Waals surface area contributed by atoms with Crippen LogP contribution in [0.25, 0.3) is 0 Å². The Labute approximate surface area is 116 Å². The predicted octanol–water partition coefficient (Wildman–Crippen LogP) is -0.881. The fourth-order valence-corrected chi connectivity index (χ4v) is 1.78. The lowest BCUT2D eigenvalue weighted by Crippen LogP contribution is -2.48. The van der Waals surface area contributed by atoms with Gasteiger partial charge in [0.05, 0.1) is 6.42 Å². The van der Waals surface area contributed by atoms with Crippen LogP contribution in [0.1, 0.15) is 18.9 Å². The Morgan fingerprint density at radius 3 is 2.80 bits per heavy atom. The molecule has 1 rings (SSSR count). The first-order chi connectivity index (χ1) is 9.52. The van der Waals surface area contributed by atoms with Gasteiger partial charge in [-0.2, -0.15) is 0 Å². The van der Waals surface area contributed by atoms with E-state index < -0.39 is 17.9 Å². The number of nitrogens with two attached hydrogens (primary N) is 1. The minimum absolute atomic E-state index is 0.157. The van der Waals surface area contributed by atoms with Crippen molar-refractivity contribution in [3.05, 3.63) is 30.1 Å². The molecular formula is C13H18N4O3. The Hall–Kier alpha value is -2.44. The third kappa shape index (κ3) is 5.47. The molecule has 0 bridgehead atoms. The fourth-order valence-electron chi connectivity index (χ4n) is 1.78. The Balaban J connectivity index is 2.54. The fraction of sp³-hybridized carbons (Fsp3) is 0.385. The van der Waals surface area contributed by atoms with Crippen molar-refractivity contribution in [2.75, 3.05) is 0 Å². The summed E-state index contributed by atoms with van der Waals surface area (Å²) in [7, 11) is 0. The van der Waals surface area contributed by atoms with Gasteiger partial charge in [0.1, 0.15) is 6.04 Å². The standard InChI is InChI=1S/C13H18N4O3/c1-9(5-10-3-2-4-15-7-10)17-13(20)11(16-8-18)6-12(14)19/h2-4,7-9,11H,5-6H2,1H3,(H2,14,19)(H,16,18)(H,17,20)/t9?,11-/m0/s1. The van der Waals surface area contributed by atoms with E-state index in [4.69, 9.17) is 5.73 Å². The molecule has 1 aromatic heterocycles. The third-order valence-corrected chi connectivity index (χ3v) is 2.64. The van der Waals surface area contributed by atoms with E-state index in [2.05, 4.69) is 15.6 Å². The van der Waals surface area contributed by atoms with E-state index in [0.29, 0.717) is 12.8 Å². The second-order valence-electron chi connectivity index (χ2n) is 4.48. The molecule has 20 heavy (non-hydrogen) atoms. The summed E-state index contributed by atoms with van der Waals surface area (Å²) in [5.74, 6) is -1.09. The molecule has 4 N–H and O–H groups in total. The lowest BCUT2D eigenvalue weighted by Gasteiger charge is -2.19. The molecule has 7 heteroatoms. The topological polar surface area (TPSA) is 114 Å². The second-order valence-corrected chi connectivity index (χ2v) is 4.48. The van der Waals surface area contributed by atoms with E-state index in [1.165, 1.54) is 0 Å². The number of hydrogen-bond donors (Lipinski definition) is 3. The van der Waals surface area contributed by atoms with Crippen LogP contribution in [-0.2, 0) is 20.8 Å². The molecule has 0 saturated carbocycles. The molecular weight excluding hydrogens is 260 g/mol. The summed E-state index contributed by atoms with van der Waals surface area (Å²) < 4.78 is 0. The summed E-state index contributed by atoms with van der Waals surface area (Å²) in [5, 5.41) is 5.00. The van der Waals surface area contributed by atoms with Crippen molar-refractivity contribution < 1.29 is 14.4 Å². The molecule has 3 amide bonds. The van der Waals surface area contributed by atoms with Crippen LogP contribution < -0.4 is 16.4 Å². The summed E-state index contributed by atoms with van der Waals surface area (Å²) in [6.07, 6.45) is 4.13. The van der Waals surface area contributed by atoms with E-state index in [1.807, 2.05) is 19.1 Å². The van der Waals surface area contributed by atoms with Gasteiger partial charge in [-0.3, -0.25) is 19.4 Å². The lowest BCUT2D eigenvalue weighted by atomic mass is 10.1. The smallest absolute Gasteiger partial charge is 0.243 e. The van der Waals surface area contributed by atoms with E-state index >= 15 is 0 Å². The van der Waals surface area contributed by atoms with Crippen molar-refractivity contribution in [3.63, 3.8) is 0 Å². The second kappa shape index (κ2) is 7.88. The van der Waals surface area contributed by atoms with Gasteiger partial charge in [-0.25, -0.2) is 0 Å². The quantitative estimate of drug-likeness (QED) is 0.536. The number of nitrogens with zero attached hydrogens (tertiary/aromatic N) is 1. The van der Waals surface area contributed by atoms with Crippen molar-refractivity contribution in [1.82, 2.24) is 15.6 Å². The Morgan fingerprint density at radius 1 is 1.50 bits per heavy atom. The van der Waals surface area contributed by atoms with Crippen LogP contribution >= 0.6 is 0 Å². The Bertz CT molecular complexity index is 464. The number of rotatable bonds is 8. The van der Waals surface area contributed by atoms with Crippen molar-refractivity contribution in [2.45, 2.75) is 31.8 Å². The molecule has 7 nitrogen and oxygen atoms in total. The van der Waals surface area contributed by atoms with E-state index in [-0.39, 0.29) is 12.5 Å². The van der Waals surface area contributed by atoms with Crippen LogP contribution in [0, 0.1) is 0 Å². The monoisotopic (exact) mass is 278 g/mol. The highest BCUT2D eigenvalue weighted by Gasteiger charge is 2.21. The van der Waals surface area contributed by atoms with Gasteiger partial charge in [0.25, 0.3) is 0 Å². The molecule has 0 radical (unpaired) electrons. The summed E-state index contributed by atoms with van der Waals surface area (Å²) in [6.45, 7) is 1.83. The number of carbonyl (C=O) groups is 3. The molecule has 0 aliphatic heterocycles. The predicted molar refractivity (Wildman–Crippen MR) is 72.3 cm³/mol. The molecule has 1 aromatic rings. The van der Waals surface area contributed by atoms with Crippen LogP contribution in [0.3, 0.4) is 0 Å². The number of amides is 3. The maximum absolute atomic E-state index is 11.9. The third-order valence-electron chi connectivity index (χ3n) is 2.64. The molecule has 1 heterocycles. The van der Waals surface area contributed by atoms with Crippen molar-refractivity contribution >= 4 is 18.2 Å². The lowest BCUT2D eigenvalue weighted by molar-refractivity contribution is -0.129. The average molecular weight is 278 g/mol. The van der Waals surface area contributed by atoms with Crippen LogP contribution in [-0.4, -0.2) is 35.3 Å². The van der Waals surface area contributed by atoms with Gasteiger partial charge >= 0.3 is 0 Å². The number of hydrogen-bond acceptors (Lipinski definition) is 4. The first-order valence-corrected chi connectivity index (χ1v) is 6.20. The summed E-state index contributed by atoms with van der Waals surface area (Å²) >= 11 is 0. The molecule has 0 aliphatic rings. The highest BCUT2D eigenvalue weighted by Crippen LogP contribution is 2.01. The van der Waals surface area contributed by atoms with E-state index in [0.717, 1.165) is 5.56 Å². The SMILES string of the molecule is CC(Cc1cccnc1)NC(=O)[C@H](CC(N)=O)NC=O. The molecule has 1 unspecified atom stereocenters. The van der Waals surface area contributed by atoms with Crippen LogP contribution in [0.4, 0.5) is 0 Å². The maximum atomic E-state index is 11.9. The first-order valence-electron chi connectivity index (χ1n) is 6.20. The number of pyridine rings is 1.